The number of benzene rings is 2. The molecular weight excluding hydrogens is 501 g/mol. The number of nitrogens with one attached hydrogen (secondary N) is 1. The number of carboxylic acid groups (broad SMARTS) is 1. The molecule has 0 fully saturated rings. The molecule has 0 heterocycles. The van der Waals surface area contributed by atoms with Gasteiger partial charge in [0.05, 0.1) is 6.10 Å². The summed E-state index contributed by atoms with van der Waals surface area (Å²) in [5, 5.41) is 21.8. The smallest absolute Gasteiger partial charge is 0.412 e. The number of anilines is 1. The van der Waals surface area contributed by atoms with Gasteiger partial charge in [0.2, 0.25) is 0 Å². The van der Waals surface area contributed by atoms with Crippen molar-refractivity contribution in [3.05, 3.63) is 69.3 Å². The largest absolute Gasteiger partial charge is 0.508 e. The standard InChI is InChI=1S/C22H24INO6/c1-14-7-10-16(11-8-14)24-22(28)30-21(17-13-15(23)9-12-18(17)25)19(29-2)5-3-4-6-20(26)27/h4,6-13,19,21,25H,3,5H2,1-2H3,(H,24,28)(H,26,27)/b6-4+/t19-,21-/m0/s1. The van der Waals surface area contributed by atoms with Crippen molar-refractivity contribution in [1.82, 2.24) is 0 Å². The minimum atomic E-state index is -1.04. The third-order valence-electron chi connectivity index (χ3n) is 4.35. The number of halogens is 1. The van der Waals surface area contributed by atoms with Crippen LogP contribution in [0.4, 0.5) is 10.5 Å². The van der Waals surface area contributed by atoms with E-state index in [0.717, 1.165) is 15.2 Å². The summed E-state index contributed by atoms with van der Waals surface area (Å²) in [5.41, 5.74) is 2.05. The molecule has 0 aliphatic carbocycles. The van der Waals surface area contributed by atoms with Gasteiger partial charge in [-0.15, -0.1) is 0 Å². The zero-order chi connectivity index (χ0) is 22.1. The number of carbonyl (C=O) groups is 2. The van der Waals surface area contributed by atoms with Gasteiger partial charge in [0.1, 0.15) is 5.75 Å². The molecule has 0 bridgehead atoms. The van der Waals surface area contributed by atoms with Crippen molar-refractivity contribution in [1.29, 1.82) is 0 Å². The first-order valence-electron chi connectivity index (χ1n) is 9.25. The molecule has 2 atom stereocenters. The zero-order valence-electron chi connectivity index (χ0n) is 16.7. The molecule has 0 radical (unpaired) electrons. The summed E-state index contributed by atoms with van der Waals surface area (Å²) in [6, 6.07) is 12.2. The van der Waals surface area contributed by atoms with Gasteiger partial charge in [0.15, 0.2) is 6.10 Å². The lowest BCUT2D eigenvalue weighted by atomic mass is 9.99. The van der Waals surface area contributed by atoms with Crippen LogP contribution in [0.25, 0.3) is 0 Å². The molecule has 2 aromatic rings. The van der Waals surface area contributed by atoms with E-state index in [-0.39, 0.29) is 5.75 Å². The summed E-state index contributed by atoms with van der Waals surface area (Å²) in [4.78, 5) is 23.2. The van der Waals surface area contributed by atoms with E-state index >= 15 is 0 Å². The highest BCUT2D eigenvalue weighted by atomic mass is 127. The van der Waals surface area contributed by atoms with E-state index in [4.69, 9.17) is 14.6 Å². The Kier molecular flexibility index (Phi) is 9.13. The minimum absolute atomic E-state index is 0.0216. The van der Waals surface area contributed by atoms with E-state index in [9.17, 15) is 14.7 Å². The molecule has 8 heteroatoms. The van der Waals surface area contributed by atoms with Gasteiger partial charge in [-0.25, -0.2) is 9.59 Å². The third-order valence-corrected chi connectivity index (χ3v) is 5.02. The number of phenolic OH excluding ortho intramolecular Hbond substituents is 1. The van der Waals surface area contributed by atoms with Crippen LogP contribution in [0.1, 0.15) is 30.1 Å². The predicted molar refractivity (Wildman–Crippen MR) is 122 cm³/mol. The fraction of sp³-hybridized carbons (Fsp3) is 0.273. The fourth-order valence-electron chi connectivity index (χ4n) is 2.83. The first-order chi connectivity index (χ1) is 14.3. The van der Waals surface area contributed by atoms with Gasteiger partial charge < -0.3 is 19.7 Å². The Labute approximate surface area is 188 Å². The topological polar surface area (TPSA) is 105 Å². The summed E-state index contributed by atoms with van der Waals surface area (Å²) in [7, 11) is 1.48. The Morgan fingerprint density at radius 1 is 1.20 bits per heavy atom. The minimum Gasteiger partial charge on any atom is -0.508 e. The van der Waals surface area contributed by atoms with Crippen LogP contribution in [-0.4, -0.2) is 35.5 Å². The van der Waals surface area contributed by atoms with Crippen LogP contribution in [0.3, 0.4) is 0 Å². The molecule has 0 saturated carbocycles. The zero-order valence-corrected chi connectivity index (χ0v) is 18.8. The number of amides is 1. The summed E-state index contributed by atoms with van der Waals surface area (Å²) in [5.74, 6) is -1.06. The van der Waals surface area contributed by atoms with Crippen molar-refractivity contribution in [2.45, 2.75) is 32.0 Å². The SMILES string of the molecule is CO[C@@H](CC/C=C/C(=O)O)[C@@H](OC(=O)Nc1ccc(C)cc1)c1cc(I)ccc1O. The van der Waals surface area contributed by atoms with Crippen LogP contribution in [0, 0.1) is 10.5 Å². The molecule has 0 aliphatic rings. The average Bonchev–Trinajstić information content (AvgIpc) is 2.70. The molecule has 1 amide bonds. The molecular formula is C22H24INO6. The molecule has 3 N–H and O–H groups in total. The number of carbonyl (C=O) groups excluding carboxylic acids is 1. The van der Waals surface area contributed by atoms with E-state index < -0.39 is 24.3 Å². The summed E-state index contributed by atoms with van der Waals surface area (Å²) >= 11 is 2.10. The lowest BCUT2D eigenvalue weighted by molar-refractivity contribution is -0.131. The fourth-order valence-corrected chi connectivity index (χ4v) is 3.35. The molecule has 0 saturated heterocycles. The van der Waals surface area contributed by atoms with E-state index in [2.05, 4.69) is 27.9 Å². The Morgan fingerprint density at radius 3 is 2.53 bits per heavy atom. The maximum absolute atomic E-state index is 12.6. The normalized spacial score (nSPS) is 13.0. The number of allylic oxidation sites excluding steroid dienone is 1. The van der Waals surface area contributed by atoms with Crippen molar-refractivity contribution < 1.29 is 29.3 Å². The lowest BCUT2D eigenvalue weighted by Gasteiger charge is -2.27. The number of ether oxygens (including phenoxy) is 2. The first kappa shape index (κ1) is 23.7. The quantitative estimate of drug-likeness (QED) is 0.313. The van der Waals surface area contributed by atoms with E-state index in [1.54, 1.807) is 24.3 Å². The van der Waals surface area contributed by atoms with Crippen molar-refractivity contribution in [2.24, 2.45) is 0 Å². The highest BCUT2D eigenvalue weighted by molar-refractivity contribution is 14.1. The Balaban J connectivity index is 2.23. The molecule has 2 aromatic carbocycles. The number of phenols is 1. The van der Waals surface area contributed by atoms with E-state index in [1.807, 2.05) is 19.1 Å². The number of carboxylic acids is 1. The average molecular weight is 525 g/mol. The number of aliphatic carboxylic acids is 1. The van der Waals surface area contributed by atoms with Crippen LogP contribution < -0.4 is 5.32 Å². The van der Waals surface area contributed by atoms with Crippen LogP contribution in [0.2, 0.25) is 0 Å². The summed E-state index contributed by atoms with van der Waals surface area (Å²) < 4.78 is 12.0. The number of aromatic hydroxyl groups is 1. The number of methoxy groups -OCH3 is 1. The number of hydrogen-bond acceptors (Lipinski definition) is 5. The number of aryl methyl sites for hydroxylation is 1. The molecule has 0 unspecified atom stereocenters. The molecule has 2 rings (SSSR count). The Morgan fingerprint density at radius 2 is 1.90 bits per heavy atom. The van der Waals surface area contributed by atoms with Crippen LogP contribution >= 0.6 is 22.6 Å². The maximum atomic E-state index is 12.6. The molecule has 160 valence electrons. The van der Waals surface area contributed by atoms with Crippen LogP contribution in [0.5, 0.6) is 5.75 Å². The van der Waals surface area contributed by atoms with Gasteiger partial charge in [0.25, 0.3) is 0 Å². The highest BCUT2D eigenvalue weighted by Gasteiger charge is 2.29. The van der Waals surface area contributed by atoms with Crippen LogP contribution in [0.15, 0.2) is 54.6 Å². The number of rotatable bonds is 9. The second kappa shape index (κ2) is 11.6. The van der Waals surface area contributed by atoms with E-state index in [1.165, 1.54) is 19.3 Å². The summed E-state index contributed by atoms with van der Waals surface area (Å²) in [6.07, 6.45) is 1.15. The highest BCUT2D eigenvalue weighted by Crippen LogP contribution is 2.34. The molecule has 0 aromatic heterocycles. The molecule has 7 nitrogen and oxygen atoms in total. The van der Waals surface area contributed by atoms with Gasteiger partial charge in [-0.2, -0.15) is 0 Å². The van der Waals surface area contributed by atoms with Gasteiger partial charge >= 0.3 is 12.1 Å². The number of hydrogen-bond donors (Lipinski definition) is 3. The van der Waals surface area contributed by atoms with Gasteiger partial charge in [0, 0.05) is 28.0 Å². The first-order valence-corrected chi connectivity index (χ1v) is 10.3. The van der Waals surface area contributed by atoms with Gasteiger partial charge in [-0.3, -0.25) is 5.32 Å². The van der Waals surface area contributed by atoms with Crippen LogP contribution in [-0.2, 0) is 14.3 Å². The molecule has 30 heavy (non-hydrogen) atoms. The monoisotopic (exact) mass is 525 g/mol. The maximum Gasteiger partial charge on any atom is 0.412 e. The van der Waals surface area contributed by atoms with Gasteiger partial charge in [-0.05, 0) is 72.7 Å². The van der Waals surface area contributed by atoms with Gasteiger partial charge in [-0.1, -0.05) is 23.8 Å². The van der Waals surface area contributed by atoms with Crippen molar-refractivity contribution in [3.8, 4) is 5.75 Å². The molecule has 0 spiro atoms. The van der Waals surface area contributed by atoms with Crippen molar-refractivity contribution in [3.63, 3.8) is 0 Å². The van der Waals surface area contributed by atoms with Crippen molar-refractivity contribution in [2.75, 3.05) is 12.4 Å². The Bertz CT molecular complexity index is 897. The second-order valence-corrected chi connectivity index (χ2v) is 7.86. The third kappa shape index (κ3) is 7.34. The van der Waals surface area contributed by atoms with E-state index in [0.29, 0.717) is 24.1 Å². The second-order valence-electron chi connectivity index (χ2n) is 6.61. The predicted octanol–water partition coefficient (Wildman–Crippen LogP) is 5.03. The Hall–Kier alpha value is -2.59. The summed E-state index contributed by atoms with van der Waals surface area (Å²) in [6.45, 7) is 1.94. The van der Waals surface area contributed by atoms with Crippen molar-refractivity contribution >= 4 is 40.3 Å². The lowest BCUT2D eigenvalue weighted by Crippen LogP contribution is -2.28. The molecule has 0 aliphatic heterocycles.